The van der Waals surface area contributed by atoms with E-state index in [2.05, 4.69) is 63.2 Å². The van der Waals surface area contributed by atoms with Crippen molar-refractivity contribution in [3.05, 3.63) is 48.0 Å². The third kappa shape index (κ3) is 1.74. The van der Waals surface area contributed by atoms with E-state index in [0.29, 0.717) is 14.5 Å². The predicted octanol–water partition coefficient (Wildman–Crippen LogP) is 4.35. The van der Waals surface area contributed by atoms with E-state index < -0.39 is 0 Å². The summed E-state index contributed by atoms with van der Waals surface area (Å²) in [5, 5.41) is 2.98. The molecule has 0 aliphatic carbocycles. The molecule has 17 heavy (non-hydrogen) atoms. The maximum atomic E-state index is 2.30. The van der Waals surface area contributed by atoms with Gasteiger partial charge in [-0.1, -0.05) is 0 Å². The van der Waals surface area contributed by atoms with Gasteiger partial charge in [-0.15, -0.1) is 0 Å². The van der Waals surface area contributed by atoms with Gasteiger partial charge < -0.3 is 0 Å². The van der Waals surface area contributed by atoms with Crippen LogP contribution in [0.3, 0.4) is 0 Å². The Kier molecular flexibility index (Phi) is 2.43. The van der Waals surface area contributed by atoms with Gasteiger partial charge in [-0.3, -0.25) is 0 Å². The van der Waals surface area contributed by atoms with Crippen molar-refractivity contribution >= 4 is 33.8 Å². The quantitative estimate of drug-likeness (QED) is 0.539. The summed E-state index contributed by atoms with van der Waals surface area (Å²) in [7, 11) is 0. The van der Waals surface area contributed by atoms with E-state index in [4.69, 9.17) is 0 Å². The Morgan fingerprint density at radius 1 is 0.824 bits per heavy atom. The molecule has 86 valence electrons. The van der Waals surface area contributed by atoms with Crippen LogP contribution in [0.25, 0.3) is 19.3 Å². The van der Waals surface area contributed by atoms with Crippen LogP contribution in [-0.2, 0) is 5.41 Å². The van der Waals surface area contributed by atoms with Crippen LogP contribution >= 0.6 is 0 Å². The summed E-state index contributed by atoms with van der Waals surface area (Å²) < 4.78 is 3.08. The van der Waals surface area contributed by atoms with E-state index in [0.717, 1.165) is 0 Å². The summed E-state index contributed by atoms with van der Waals surface area (Å²) in [4.78, 5) is 0. The van der Waals surface area contributed by atoms with Crippen molar-refractivity contribution in [2.24, 2.45) is 0 Å². The van der Waals surface area contributed by atoms with Crippen LogP contribution < -0.4 is 0 Å². The predicted molar refractivity (Wildman–Crippen MR) is 77.1 cm³/mol. The zero-order chi connectivity index (χ0) is 12.0. The molecule has 0 saturated heterocycles. The summed E-state index contributed by atoms with van der Waals surface area (Å²) in [6.07, 6.45) is 0. The molecule has 3 aromatic rings. The fraction of sp³-hybridized carbons (Fsp3) is 0.250. The molecule has 2 aromatic carbocycles. The standard InChI is InChI=1S/C16H16Se/c1-16(2,3)12-8-6-10-14-15(12)11-7-4-5-9-13(11)17-14/h4-10H,1-3H3. The van der Waals surface area contributed by atoms with Gasteiger partial charge in [0.1, 0.15) is 0 Å². The molecule has 1 heteroatoms. The van der Waals surface area contributed by atoms with Crippen LogP contribution in [0.5, 0.6) is 0 Å². The van der Waals surface area contributed by atoms with Gasteiger partial charge in [0.15, 0.2) is 0 Å². The third-order valence-corrected chi connectivity index (χ3v) is 5.59. The van der Waals surface area contributed by atoms with E-state index in [1.54, 1.807) is 4.26 Å². The van der Waals surface area contributed by atoms with E-state index in [1.165, 1.54) is 20.6 Å². The molecule has 0 saturated carbocycles. The molecule has 1 aromatic heterocycles. The molecule has 0 bridgehead atoms. The van der Waals surface area contributed by atoms with Crippen molar-refractivity contribution in [1.82, 2.24) is 0 Å². The molecule has 0 nitrogen and oxygen atoms in total. The second-order valence-corrected chi connectivity index (χ2v) is 7.80. The summed E-state index contributed by atoms with van der Waals surface area (Å²) in [5.41, 5.74) is 1.71. The van der Waals surface area contributed by atoms with Crippen molar-refractivity contribution in [2.75, 3.05) is 0 Å². The number of hydrogen-bond acceptors (Lipinski definition) is 0. The van der Waals surface area contributed by atoms with Gasteiger partial charge in [-0.05, 0) is 0 Å². The Labute approximate surface area is 108 Å². The Hall–Kier alpha value is -1.04. The fourth-order valence-electron chi connectivity index (χ4n) is 2.40. The van der Waals surface area contributed by atoms with Crippen molar-refractivity contribution in [1.29, 1.82) is 0 Å². The van der Waals surface area contributed by atoms with Crippen LogP contribution in [-0.4, -0.2) is 14.5 Å². The second kappa shape index (κ2) is 3.73. The molecular weight excluding hydrogens is 271 g/mol. The van der Waals surface area contributed by atoms with Gasteiger partial charge in [0.25, 0.3) is 0 Å². The maximum absolute atomic E-state index is 2.30. The van der Waals surface area contributed by atoms with Crippen LogP contribution in [0.1, 0.15) is 26.3 Å². The van der Waals surface area contributed by atoms with Crippen LogP contribution in [0.2, 0.25) is 0 Å². The summed E-state index contributed by atoms with van der Waals surface area (Å²) in [5.74, 6) is 0. The molecule has 0 N–H and O–H groups in total. The normalized spacial score (nSPS) is 12.4. The Morgan fingerprint density at radius 3 is 2.29 bits per heavy atom. The number of benzene rings is 2. The van der Waals surface area contributed by atoms with Gasteiger partial charge in [0.05, 0.1) is 0 Å². The number of rotatable bonds is 0. The molecule has 0 fully saturated rings. The summed E-state index contributed by atoms with van der Waals surface area (Å²) in [6.45, 7) is 6.91. The first-order valence-corrected chi connectivity index (χ1v) is 7.69. The molecule has 0 aliphatic heterocycles. The second-order valence-electron chi connectivity index (χ2n) is 5.53. The van der Waals surface area contributed by atoms with Crippen molar-refractivity contribution < 1.29 is 0 Å². The van der Waals surface area contributed by atoms with Crippen LogP contribution in [0.4, 0.5) is 0 Å². The molecule has 0 unspecified atom stereocenters. The minimum absolute atomic E-state index is 0.221. The summed E-state index contributed by atoms with van der Waals surface area (Å²) >= 11 is 0.493. The van der Waals surface area contributed by atoms with Crippen LogP contribution in [0, 0.1) is 0 Å². The molecule has 0 amide bonds. The van der Waals surface area contributed by atoms with Gasteiger partial charge in [0.2, 0.25) is 0 Å². The van der Waals surface area contributed by atoms with Gasteiger partial charge in [-0.25, -0.2) is 0 Å². The molecule has 1 heterocycles. The third-order valence-electron chi connectivity index (χ3n) is 3.21. The zero-order valence-corrected chi connectivity index (χ0v) is 12.2. The Bertz CT molecular complexity index is 683. The molecule has 0 atom stereocenters. The fourth-order valence-corrected chi connectivity index (χ4v) is 4.78. The average Bonchev–Trinajstić information content (AvgIpc) is 2.65. The van der Waals surface area contributed by atoms with E-state index in [9.17, 15) is 0 Å². The van der Waals surface area contributed by atoms with Gasteiger partial charge in [-0.2, -0.15) is 0 Å². The van der Waals surface area contributed by atoms with E-state index in [-0.39, 0.29) is 5.41 Å². The molecule has 3 rings (SSSR count). The molecule has 0 aliphatic rings. The first-order chi connectivity index (χ1) is 8.07. The van der Waals surface area contributed by atoms with Gasteiger partial charge >= 0.3 is 108 Å². The van der Waals surface area contributed by atoms with Crippen molar-refractivity contribution in [3.8, 4) is 0 Å². The monoisotopic (exact) mass is 288 g/mol. The molecular formula is C16H16Se. The number of fused-ring (bicyclic) bond motifs is 3. The van der Waals surface area contributed by atoms with Gasteiger partial charge in [0, 0.05) is 0 Å². The first-order valence-electron chi connectivity index (χ1n) is 5.98. The first kappa shape index (κ1) is 11.1. The van der Waals surface area contributed by atoms with Crippen molar-refractivity contribution in [3.63, 3.8) is 0 Å². The van der Waals surface area contributed by atoms with Crippen LogP contribution in [0.15, 0.2) is 42.5 Å². The Balaban J connectivity index is 2.52. The number of hydrogen-bond donors (Lipinski definition) is 0. The zero-order valence-electron chi connectivity index (χ0n) is 10.4. The molecule has 0 radical (unpaired) electrons. The SMILES string of the molecule is CC(C)(C)c1cccc2[se]c3ccccc3c12. The average molecular weight is 287 g/mol. The van der Waals surface area contributed by atoms with Crippen molar-refractivity contribution in [2.45, 2.75) is 26.2 Å². The Morgan fingerprint density at radius 2 is 1.53 bits per heavy atom. The topological polar surface area (TPSA) is 0 Å². The molecule has 0 spiro atoms. The van der Waals surface area contributed by atoms with E-state index in [1.807, 2.05) is 0 Å². The minimum atomic E-state index is 0.221. The van der Waals surface area contributed by atoms with E-state index >= 15 is 0 Å². The summed E-state index contributed by atoms with van der Waals surface area (Å²) in [6, 6.07) is 15.7.